The Kier molecular flexibility index (Phi) is 4.68. The molecule has 1 N–H and O–H groups in total. The molecule has 0 saturated carbocycles. The van der Waals surface area contributed by atoms with Crippen molar-refractivity contribution in [3.63, 3.8) is 0 Å². The third-order valence-electron chi connectivity index (χ3n) is 4.02. The van der Waals surface area contributed by atoms with Gasteiger partial charge in [-0.1, -0.05) is 0 Å². The smallest absolute Gasteiger partial charge is 0.240 e. The molecule has 1 amide bonds. The SMILES string of the molecule is CC(=O)N1CCCc2cc(S(=O)(=O)NCCc3cocn3)ccc21. The van der Waals surface area contributed by atoms with Crippen LogP contribution in [0.25, 0.3) is 0 Å². The Morgan fingerprint density at radius 1 is 1.42 bits per heavy atom. The first kappa shape index (κ1) is 16.7. The zero-order valence-corrected chi connectivity index (χ0v) is 14.2. The number of nitrogens with zero attached hydrogens (tertiary/aromatic N) is 2. The van der Waals surface area contributed by atoms with E-state index >= 15 is 0 Å². The van der Waals surface area contributed by atoms with Crippen molar-refractivity contribution in [1.82, 2.24) is 9.71 Å². The van der Waals surface area contributed by atoms with Crippen molar-refractivity contribution in [3.8, 4) is 0 Å². The van der Waals surface area contributed by atoms with Gasteiger partial charge in [-0.15, -0.1) is 0 Å². The quantitative estimate of drug-likeness (QED) is 0.883. The van der Waals surface area contributed by atoms with E-state index in [1.807, 2.05) is 0 Å². The van der Waals surface area contributed by atoms with Crippen LogP contribution >= 0.6 is 0 Å². The van der Waals surface area contributed by atoms with Crippen molar-refractivity contribution >= 4 is 21.6 Å². The van der Waals surface area contributed by atoms with Gasteiger partial charge in [-0.25, -0.2) is 18.1 Å². The number of hydrogen-bond donors (Lipinski definition) is 1. The molecule has 7 nitrogen and oxygen atoms in total. The van der Waals surface area contributed by atoms with Gasteiger partial charge in [0.1, 0.15) is 6.26 Å². The summed E-state index contributed by atoms with van der Waals surface area (Å²) in [6.45, 7) is 2.43. The van der Waals surface area contributed by atoms with Crippen molar-refractivity contribution in [2.75, 3.05) is 18.0 Å². The van der Waals surface area contributed by atoms with E-state index in [1.54, 1.807) is 23.1 Å². The zero-order chi connectivity index (χ0) is 17.2. The van der Waals surface area contributed by atoms with Gasteiger partial charge in [0.15, 0.2) is 6.39 Å². The molecule has 2 heterocycles. The number of rotatable bonds is 5. The van der Waals surface area contributed by atoms with Gasteiger partial charge in [0.2, 0.25) is 15.9 Å². The van der Waals surface area contributed by atoms with Gasteiger partial charge in [-0.2, -0.15) is 0 Å². The summed E-state index contributed by atoms with van der Waals surface area (Å²) in [5.41, 5.74) is 2.38. The number of oxazole rings is 1. The first-order valence-corrected chi connectivity index (χ1v) is 9.23. The number of nitrogens with one attached hydrogen (secondary N) is 1. The molecule has 1 aliphatic heterocycles. The van der Waals surface area contributed by atoms with Crippen LogP contribution in [-0.2, 0) is 27.7 Å². The number of aromatic nitrogens is 1. The van der Waals surface area contributed by atoms with Crippen LogP contribution in [0.3, 0.4) is 0 Å². The number of benzene rings is 1. The lowest BCUT2D eigenvalue weighted by Gasteiger charge is -2.28. The number of carbonyl (C=O) groups excluding carboxylic acids is 1. The van der Waals surface area contributed by atoms with Gasteiger partial charge in [0, 0.05) is 32.1 Å². The van der Waals surface area contributed by atoms with Crippen LogP contribution in [0.4, 0.5) is 5.69 Å². The molecule has 0 aliphatic carbocycles. The van der Waals surface area contributed by atoms with E-state index in [0.717, 1.165) is 24.1 Å². The van der Waals surface area contributed by atoms with Gasteiger partial charge in [-0.3, -0.25) is 4.79 Å². The average Bonchev–Trinajstić information content (AvgIpc) is 3.06. The summed E-state index contributed by atoms with van der Waals surface area (Å²) in [4.78, 5) is 17.5. The molecule has 0 saturated heterocycles. The molecule has 0 spiro atoms. The summed E-state index contributed by atoms with van der Waals surface area (Å²) in [6.07, 6.45) is 4.85. The summed E-state index contributed by atoms with van der Waals surface area (Å²) < 4.78 is 32.3. The minimum Gasteiger partial charge on any atom is -0.451 e. The largest absolute Gasteiger partial charge is 0.451 e. The highest BCUT2D eigenvalue weighted by Crippen LogP contribution is 2.29. The molecule has 0 bridgehead atoms. The van der Waals surface area contributed by atoms with Gasteiger partial charge in [0.25, 0.3) is 0 Å². The second-order valence-electron chi connectivity index (χ2n) is 5.69. The third-order valence-corrected chi connectivity index (χ3v) is 5.48. The fourth-order valence-corrected chi connectivity index (χ4v) is 3.91. The van der Waals surface area contributed by atoms with Crippen molar-refractivity contribution in [2.45, 2.75) is 31.1 Å². The summed E-state index contributed by atoms with van der Waals surface area (Å²) in [5, 5.41) is 0. The van der Waals surface area contributed by atoms with Crippen LogP contribution in [0.15, 0.2) is 40.2 Å². The summed E-state index contributed by atoms with van der Waals surface area (Å²) in [5.74, 6) is -0.0303. The lowest BCUT2D eigenvalue weighted by atomic mass is 10.0. The molecule has 1 aromatic carbocycles. The van der Waals surface area contributed by atoms with Crippen LogP contribution in [0.1, 0.15) is 24.6 Å². The lowest BCUT2D eigenvalue weighted by Crippen LogP contribution is -2.33. The molecular weight excluding hydrogens is 330 g/mol. The summed E-state index contributed by atoms with van der Waals surface area (Å²) >= 11 is 0. The maximum absolute atomic E-state index is 12.4. The minimum atomic E-state index is -3.60. The number of amides is 1. The van der Waals surface area contributed by atoms with Crippen molar-refractivity contribution in [3.05, 3.63) is 42.1 Å². The molecule has 1 aromatic heterocycles. The first-order valence-electron chi connectivity index (χ1n) is 7.75. The second-order valence-corrected chi connectivity index (χ2v) is 7.46. The number of fused-ring (bicyclic) bond motifs is 1. The summed E-state index contributed by atoms with van der Waals surface area (Å²) in [6, 6.07) is 4.91. The molecule has 2 aromatic rings. The van der Waals surface area contributed by atoms with Crippen molar-refractivity contribution < 1.29 is 17.6 Å². The molecule has 0 fully saturated rings. The average molecular weight is 349 g/mol. The third kappa shape index (κ3) is 3.49. The lowest BCUT2D eigenvalue weighted by molar-refractivity contribution is -0.116. The van der Waals surface area contributed by atoms with Crippen LogP contribution in [0.2, 0.25) is 0 Å². The molecule has 0 radical (unpaired) electrons. The maximum atomic E-state index is 12.4. The van der Waals surface area contributed by atoms with Crippen molar-refractivity contribution in [2.24, 2.45) is 0 Å². The maximum Gasteiger partial charge on any atom is 0.240 e. The van der Waals surface area contributed by atoms with E-state index in [9.17, 15) is 13.2 Å². The van der Waals surface area contributed by atoms with Crippen LogP contribution < -0.4 is 9.62 Å². The van der Waals surface area contributed by atoms with E-state index in [0.29, 0.717) is 18.7 Å². The molecule has 24 heavy (non-hydrogen) atoms. The summed E-state index contributed by atoms with van der Waals surface area (Å²) in [7, 11) is -3.60. The monoisotopic (exact) mass is 349 g/mol. The van der Waals surface area contributed by atoms with Crippen LogP contribution in [0, 0.1) is 0 Å². The first-order chi connectivity index (χ1) is 11.5. The fourth-order valence-electron chi connectivity index (χ4n) is 2.83. The molecule has 1 aliphatic rings. The normalized spacial score (nSPS) is 14.5. The van der Waals surface area contributed by atoms with Gasteiger partial charge in [-0.05, 0) is 36.6 Å². The zero-order valence-electron chi connectivity index (χ0n) is 13.4. The predicted molar refractivity (Wildman–Crippen MR) is 88.2 cm³/mol. The number of carbonyl (C=O) groups is 1. The molecular formula is C16H19N3O4S. The number of anilines is 1. The predicted octanol–water partition coefficient (Wildman–Crippen LogP) is 1.49. The highest BCUT2D eigenvalue weighted by molar-refractivity contribution is 7.89. The number of hydrogen-bond acceptors (Lipinski definition) is 5. The number of sulfonamides is 1. The van der Waals surface area contributed by atoms with E-state index in [2.05, 4.69) is 9.71 Å². The standard InChI is InChI=1S/C16H19N3O4S/c1-12(20)19-8-2-3-13-9-15(4-5-16(13)19)24(21,22)18-7-6-14-10-23-11-17-14/h4-5,9-11,18H,2-3,6-8H2,1H3. The van der Waals surface area contributed by atoms with Crippen LogP contribution in [-0.4, -0.2) is 32.4 Å². The van der Waals surface area contributed by atoms with Crippen LogP contribution in [0.5, 0.6) is 0 Å². The van der Waals surface area contributed by atoms with Gasteiger partial charge >= 0.3 is 0 Å². The van der Waals surface area contributed by atoms with E-state index in [1.165, 1.54) is 19.6 Å². The minimum absolute atomic E-state index is 0.0303. The molecule has 8 heteroatoms. The Balaban J connectivity index is 1.75. The molecule has 0 atom stereocenters. The highest BCUT2D eigenvalue weighted by atomic mass is 32.2. The molecule has 3 rings (SSSR count). The highest BCUT2D eigenvalue weighted by Gasteiger charge is 2.22. The van der Waals surface area contributed by atoms with E-state index < -0.39 is 10.0 Å². The van der Waals surface area contributed by atoms with Gasteiger partial charge in [0.05, 0.1) is 10.6 Å². The fraction of sp³-hybridized carbons (Fsp3) is 0.375. The molecule has 0 unspecified atom stereocenters. The van der Waals surface area contributed by atoms with E-state index in [-0.39, 0.29) is 17.3 Å². The second kappa shape index (κ2) is 6.74. The number of aryl methyl sites for hydroxylation is 1. The Morgan fingerprint density at radius 3 is 2.96 bits per heavy atom. The van der Waals surface area contributed by atoms with Gasteiger partial charge < -0.3 is 9.32 Å². The Hall–Kier alpha value is -2.19. The van der Waals surface area contributed by atoms with Crippen molar-refractivity contribution in [1.29, 1.82) is 0 Å². The Labute approximate surface area is 140 Å². The molecule has 128 valence electrons. The Morgan fingerprint density at radius 2 is 2.25 bits per heavy atom. The topological polar surface area (TPSA) is 92.5 Å². The van der Waals surface area contributed by atoms with E-state index in [4.69, 9.17) is 4.42 Å². The Bertz CT molecular complexity index is 831.